The highest BCUT2D eigenvalue weighted by molar-refractivity contribution is 5.75. The van der Waals surface area contributed by atoms with Crippen LogP contribution < -0.4 is 0 Å². The third-order valence-corrected chi connectivity index (χ3v) is 3.83. The molecule has 0 radical (unpaired) electrons. The Kier molecular flexibility index (Phi) is 2.68. The lowest BCUT2D eigenvalue weighted by Crippen LogP contribution is -2.51. The van der Waals surface area contributed by atoms with Crippen LogP contribution in [0.25, 0.3) is 0 Å². The zero-order valence-corrected chi connectivity index (χ0v) is 11.1. The van der Waals surface area contributed by atoms with E-state index in [4.69, 9.17) is 18.9 Å². The van der Waals surface area contributed by atoms with Crippen LogP contribution in [0, 0.1) is 0 Å². The molecule has 6 heteroatoms. The van der Waals surface area contributed by atoms with E-state index in [9.17, 15) is 4.79 Å². The van der Waals surface area contributed by atoms with Gasteiger partial charge in [-0.05, 0) is 13.8 Å². The van der Waals surface area contributed by atoms with Crippen LogP contribution in [-0.4, -0.2) is 60.9 Å². The Morgan fingerprint density at radius 3 is 2.56 bits per heavy atom. The molecule has 3 saturated heterocycles. The first-order valence-corrected chi connectivity index (χ1v) is 6.23. The first-order chi connectivity index (χ1) is 8.45. The van der Waals surface area contributed by atoms with Crippen LogP contribution in [-0.2, 0) is 23.7 Å². The van der Waals surface area contributed by atoms with Gasteiger partial charge in [0.1, 0.15) is 30.1 Å². The fourth-order valence-electron chi connectivity index (χ4n) is 3.14. The summed E-state index contributed by atoms with van der Waals surface area (Å²) < 4.78 is 22.5. The monoisotopic (exact) mass is 258 g/mol. The Labute approximate surface area is 106 Å². The first-order valence-electron chi connectivity index (χ1n) is 6.23. The van der Waals surface area contributed by atoms with E-state index in [2.05, 4.69) is 0 Å². The molecule has 18 heavy (non-hydrogen) atoms. The molecule has 0 aliphatic carbocycles. The SMILES string of the molecule is CO[C@H]1O[C@H]([C@H]2[13CH2]O2)[C@@H]2OC(C)(C)N(C(C)=O)[C@H]12. The van der Waals surface area contributed by atoms with Crippen LogP contribution in [0.1, 0.15) is 20.8 Å². The van der Waals surface area contributed by atoms with Crippen LogP contribution in [0.4, 0.5) is 0 Å². The van der Waals surface area contributed by atoms with Gasteiger partial charge in [0.2, 0.25) is 5.91 Å². The molecule has 0 N–H and O–H groups in total. The molecule has 0 unspecified atom stereocenters. The summed E-state index contributed by atoms with van der Waals surface area (Å²) in [5, 5.41) is 0. The Morgan fingerprint density at radius 1 is 1.39 bits per heavy atom. The number of carbonyl (C=O) groups is 1. The quantitative estimate of drug-likeness (QED) is 0.519. The van der Waals surface area contributed by atoms with Crippen molar-refractivity contribution in [2.45, 2.75) is 57.1 Å². The van der Waals surface area contributed by atoms with E-state index < -0.39 is 12.0 Å². The number of fused-ring (bicyclic) bond motifs is 1. The van der Waals surface area contributed by atoms with Crippen molar-refractivity contribution < 1.29 is 23.7 Å². The molecular formula is C12H19NO5. The summed E-state index contributed by atoms with van der Waals surface area (Å²) in [7, 11) is 1.58. The molecule has 0 aromatic heterocycles. The summed E-state index contributed by atoms with van der Waals surface area (Å²) in [5.41, 5.74) is -0.630. The predicted molar refractivity (Wildman–Crippen MR) is 60.7 cm³/mol. The van der Waals surface area contributed by atoms with Gasteiger partial charge in [-0.3, -0.25) is 4.79 Å². The molecule has 1 amide bonds. The fraction of sp³-hybridized carbons (Fsp3) is 0.917. The van der Waals surface area contributed by atoms with Crippen LogP contribution in [0.2, 0.25) is 0 Å². The number of amides is 1. The Balaban J connectivity index is 1.91. The van der Waals surface area contributed by atoms with Gasteiger partial charge in [-0.25, -0.2) is 0 Å². The summed E-state index contributed by atoms with van der Waals surface area (Å²) in [4.78, 5) is 13.6. The molecule has 0 bridgehead atoms. The summed E-state index contributed by atoms with van der Waals surface area (Å²) >= 11 is 0. The van der Waals surface area contributed by atoms with E-state index in [1.807, 2.05) is 13.8 Å². The standard InChI is InChI=1S/C12H19NO5/c1-6(14)13-8-10(18-12(13,2)3)9(7-5-16-7)17-11(8)15-4/h7-11H,5H2,1-4H3/t7-,8+,9-,10-,11+/m1/s1/i5+1. The summed E-state index contributed by atoms with van der Waals surface area (Å²) in [6, 6.07) is -0.198. The van der Waals surface area contributed by atoms with Gasteiger partial charge in [-0.15, -0.1) is 0 Å². The lowest BCUT2D eigenvalue weighted by Gasteiger charge is -2.34. The highest BCUT2D eigenvalue weighted by Crippen LogP contribution is 2.44. The van der Waals surface area contributed by atoms with E-state index in [1.165, 1.54) is 0 Å². The molecule has 3 rings (SSSR count). The van der Waals surface area contributed by atoms with Crippen molar-refractivity contribution in [2.75, 3.05) is 13.7 Å². The zero-order valence-electron chi connectivity index (χ0n) is 11.1. The van der Waals surface area contributed by atoms with E-state index >= 15 is 0 Å². The number of ether oxygens (including phenoxy) is 4. The van der Waals surface area contributed by atoms with Gasteiger partial charge in [0.15, 0.2) is 6.29 Å². The fourth-order valence-corrected chi connectivity index (χ4v) is 3.14. The molecule has 0 spiro atoms. The Hall–Kier alpha value is -0.690. The van der Waals surface area contributed by atoms with Gasteiger partial charge in [-0.1, -0.05) is 0 Å². The predicted octanol–water partition coefficient (Wildman–Crippen LogP) is 0.108. The maximum Gasteiger partial charge on any atom is 0.222 e. The van der Waals surface area contributed by atoms with Gasteiger partial charge in [0.05, 0.1) is 6.61 Å². The number of rotatable bonds is 2. The van der Waals surface area contributed by atoms with E-state index in [-0.39, 0.29) is 30.3 Å². The highest BCUT2D eigenvalue weighted by Gasteiger charge is 2.63. The summed E-state index contributed by atoms with van der Waals surface area (Å²) in [6.45, 7) is 6.02. The van der Waals surface area contributed by atoms with Crippen molar-refractivity contribution in [2.24, 2.45) is 0 Å². The number of hydrogen-bond acceptors (Lipinski definition) is 5. The molecule has 102 valence electrons. The van der Waals surface area contributed by atoms with Crippen LogP contribution in [0.15, 0.2) is 0 Å². The average Bonchev–Trinajstić information content (AvgIpc) is 2.98. The second-order valence-electron chi connectivity index (χ2n) is 5.49. The summed E-state index contributed by atoms with van der Waals surface area (Å²) in [5.74, 6) is -0.0319. The molecule has 0 aromatic rings. The first kappa shape index (κ1) is 12.3. The second-order valence-corrected chi connectivity index (χ2v) is 5.49. The van der Waals surface area contributed by atoms with Gasteiger partial charge < -0.3 is 23.8 Å². The lowest BCUT2D eigenvalue weighted by molar-refractivity contribution is -0.188. The van der Waals surface area contributed by atoms with E-state index in [0.717, 1.165) is 0 Å². The highest BCUT2D eigenvalue weighted by atomic mass is 16.7. The van der Waals surface area contributed by atoms with Crippen molar-refractivity contribution in [3.8, 4) is 0 Å². The molecule has 3 fully saturated rings. The minimum Gasteiger partial charge on any atom is -0.370 e. The maximum absolute atomic E-state index is 11.9. The molecule has 5 atom stereocenters. The Bertz CT molecular complexity index is 367. The van der Waals surface area contributed by atoms with Gasteiger partial charge >= 0.3 is 0 Å². The molecule has 3 aliphatic heterocycles. The molecule has 3 aliphatic rings. The normalized spacial score (nSPS) is 45.1. The lowest BCUT2D eigenvalue weighted by atomic mass is 10.1. The van der Waals surface area contributed by atoms with Gasteiger partial charge in [0, 0.05) is 14.0 Å². The second kappa shape index (κ2) is 3.90. The number of hydrogen-bond donors (Lipinski definition) is 0. The number of carbonyl (C=O) groups excluding carboxylic acids is 1. The smallest absolute Gasteiger partial charge is 0.222 e. The van der Waals surface area contributed by atoms with E-state index in [1.54, 1.807) is 18.9 Å². The number of methoxy groups -OCH3 is 1. The molecule has 0 aromatic carbocycles. The molecule has 0 saturated carbocycles. The van der Waals surface area contributed by atoms with Gasteiger partial charge in [0.25, 0.3) is 0 Å². The topological polar surface area (TPSA) is 60.5 Å². The third-order valence-electron chi connectivity index (χ3n) is 3.83. The number of nitrogens with zero attached hydrogens (tertiary/aromatic N) is 1. The van der Waals surface area contributed by atoms with E-state index in [0.29, 0.717) is 6.61 Å². The molecule has 6 nitrogen and oxygen atoms in total. The maximum atomic E-state index is 11.9. The van der Waals surface area contributed by atoms with Crippen LogP contribution in [0.3, 0.4) is 0 Å². The summed E-state index contributed by atoms with van der Waals surface area (Å²) in [6.07, 6.45) is -0.708. The number of epoxide rings is 1. The average molecular weight is 258 g/mol. The van der Waals surface area contributed by atoms with Crippen LogP contribution >= 0.6 is 0 Å². The van der Waals surface area contributed by atoms with Crippen molar-refractivity contribution >= 4 is 5.91 Å². The molecule has 3 heterocycles. The zero-order chi connectivity index (χ0) is 13.1. The minimum atomic E-state index is -0.630. The van der Waals surface area contributed by atoms with Crippen molar-refractivity contribution in [1.29, 1.82) is 0 Å². The van der Waals surface area contributed by atoms with Gasteiger partial charge in [-0.2, -0.15) is 0 Å². The third kappa shape index (κ3) is 1.67. The molecular weight excluding hydrogens is 239 g/mol. The van der Waals surface area contributed by atoms with Crippen molar-refractivity contribution in [3.63, 3.8) is 0 Å². The Morgan fingerprint density at radius 2 is 2.06 bits per heavy atom. The largest absolute Gasteiger partial charge is 0.370 e. The van der Waals surface area contributed by atoms with Crippen molar-refractivity contribution in [1.82, 2.24) is 4.90 Å². The van der Waals surface area contributed by atoms with Crippen molar-refractivity contribution in [3.05, 3.63) is 0 Å². The minimum absolute atomic E-state index is 0.0319. The van der Waals surface area contributed by atoms with Crippen LogP contribution in [0.5, 0.6) is 0 Å².